The average Bonchev–Trinajstić information content (AvgIpc) is 3.03. The zero-order valence-electron chi connectivity index (χ0n) is 11.3. The van der Waals surface area contributed by atoms with Gasteiger partial charge in [-0.05, 0) is 6.07 Å². The summed E-state index contributed by atoms with van der Waals surface area (Å²) in [5, 5.41) is 18.0. The fourth-order valence-corrected chi connectivity index (χ4v) is 1.99. The minimum Gasteiger partial charge on any atom is -0.355 e. The van der Waals surface area contributed by atoms with Gasteiger partial charge in [-0.1, -0.05) is 0 Å². The van der Waals surface area contributed by atoms with E-state index in [1.807, 2.05) is 7.05 Å². The Kier molecular flexibility index (Phi) is 3.22. The lowest BCUT2D eigenvalue weighted by Gasteiger charge is -1.99. The van der Waals surface area contributed by atoms with E-state index in [4.69, 9.17) is 0 Å². The second kappa shape index (κ2) is 5.19. The third kappa shape index (κ3) is 2.81. The quantitative estimate of drug-likeness (QED) is 0.539. The Morgan fingerprint density at radius 2 is 2.33 bits per heavy atom. The van der Waals surface area contributed by atoms with Crippen LogP contribution in [0.2, 0.25) is 0 Å². The molecule has 1 aromatic carbocycles. The molecule has 2 heterocycles. The molecule has 21 heavy (non-hydrogen) atoms. The number of nitrogens with one attached hydrogen (secondary N) is 2. The van der Waals surface area contributed by atoms with Gasteiger partial charge in [-0.25, -0.2) is 9.97 Å². The minimum absolute atomic E-state index is 0.0374. The van der Waals surface area contributed by atoms with Crippen molar-refractivity contribution in [3.05, 3.63) is 40.5 Å². The molecule has 0 spiro atoms. The molecule has 2 N–H and O–H groups in total. The van der Waals surface area contributed by atoms with Crippen LogP contribution in [0.3, 0.4) is 0 Å². The van der Waals surface area contributed by atoms with Crippen molar-refractivity contribution in [2.45, 2.75) is 6.42 Å². The van der Waals surface area contributed by atoms with E-state index in [1.165, 1.54) is 12.1 Å². The number of anilines is 1. The molecule has 0 aliphatic heterocycles. The molecule has 0 fully saturated rings. The number of nitro benzene ring substituents is 1. The van der Waals surface area contributed by atoms with E-state index in [9.17, 15) is 10.1 Å². The normalized spacial score (nSPS) is 10.9. The summed E-state index contributed by atoms with van der Waals surface area (Å²) >= 11 is 0. The summed E-state index contributed by atoms with van der Waals surface area (Å²) in [4.78, 5) is 21.7. The SMILES string of the molecule is Cn1cnc(CCNc2nc3ccc([N+](=O)[O-])cc3[nH]2)n1. The van der Waals surface area contributed by atoms with Crippen LogP contribution in [0.1, 0.15) is 5.82 Å². The van der Waals surface area contributed by atoms with E-state index < -0.39 is 4.92 Å². The third-order valence-corrected chi connectivity index (χ3v) is 2.96. The number of non-ortho nitro benzene ring substituents is 1. The van der Waals surface area contributed by atoms with Crippen LogP contribution in [0.5, 0.6) is 0 Å². The van der Waals surface area contributed by atoms with E-state index in [0.29, 0.717) is 29.9 Å². The molecule has 0 bridgehead atoms. The first-order valence-electron chi connectivity index (χ1n) is 6.34. The van der Waals surface area contributed by atoms with Crippen molar-refractivity contribution < 1.29 is 4.92 Å². The number of fused-ring (bicyclic) bond motifs is 1. The van der Waals surface area contributed by atoms with Gasteiger partial charge in [-0.2, -0.15) is 5.10 Å². The molecule has 9 nitrogen and oxygen atoms in total. The largest absolute Gasteiger partial charge is 0.355 e. The van der Waals surface area contributed by atoms with Crippen LogP contribution in [0.25, 0.3) is 11.0 Å². The molecular weight excluding hydrogens is 274 g/mol. The molecule has 9 heteroatoms. The van der Waals surface area contributed by atoms with E-state index in [-0.39, 0.29) is 5.69 Å². The molecule has 3 aromatic rings. The van der Waals surface area contributed by atoms with Gasteiger partial charge in [0, 0.05) is 32.1 Å². The lowest BCUT2D eigenvalue weighted by Crippen LogP contribution is -2.07. The van der Waals surface area contributed by atoms with Gasteiger partial charge in [0.2, 0.25) is 5.95 Å². The number of nitro groups is 1. The maximum atomic E-state index is 10.7. The van der Waals surface area contributed by atoms with Crippen molar-refractivity contribution in [1.29, 1.82) is 0 Å². The van der Waals surface area contributed by atoms with Gasteiger partial charge in [-0.15, -0.1) is 0 Å². The highest BCUT2D eigenvalue weighted by Gasteiger charge is 2.09. The van der Waals surface area contributed by atoms with Gasteiger partial charge in [0.1, 0.15) is 6.33 Å². The number of aryl methyl sites for hydroxylation is 1. The van der Waals surface area contributed by atoms with Crippen molar-refractivity contribution in [2.24, 2.45) is 7.05 Å². The maximum absolute atomic E-state index is 10.7. The molecule has 0 amide bonds. The number of aromatic nitrogens is 5. The maximum Gasteiger partial charge on any atom is 0.271 e. The first-order valence-corrected chi connectivity index (χ1v) is 6.34. The Morgan fingerprint density at radius 1 is 1.48 bits per heavy atom. The molecule has 3 rings (SSSR count). The molecule has 0 aliphatic rings. The molecule has 0 aliphatic carbocycles. The number of hydrogen-bond acceptors (Lipinski definition) is 6. The van der Waals surface area contributed by atoms with Crippen molar-refractivity contribution >= 4 is 22.7 Å². The van der Waals surface area contributed by atoms with Crippen LogP contribution in [0.15, 0.2) is 24.5 Å². The smallest absolute Gasteiger partial charge is 0.271 e. The average molecular weight is 287 g/mol. The van der Waals surface area contributed by atoms with Crippen LogP contribution in [-0.4, -0.2) is 36.2 Å². The highest BCUT2D eigenvalue weighted by atomic mass is 16.6. The Morgan fingerprint density at radius 3 is 3.05 bits per heavy atom. The van der Waals surface area contributed by atoms with Crippen molar-refractivity contribution in [3.63, 3.8) is 0 Å². The molecule has 0 unspecified atom stereocenters. The lowest BCUT2D eigenvalue weighted by molar-refractivity contribution is -0.384. The van der Waals surface area contributed by atoms with E-state index in [2.05, 4.69) is 25.4 Å². The summed E-state index contributed by atoms with van der Waals surface area (Å²) in [7, 11) is 1.82. The van der Waals surface area contributed by atoms with Crippen LogP contribution < -0.4 is 5.32 Å². The highest BCUT2D eigenvalue weighted by Crippen LogP contribution is 2.20. The number of aromatic amines is 1. The van der Waals surface area contributed by atoms with Crippen molar-refractivity contribution in [3.8, 4) is 0 Å². The summed E-state index contributed by atoms with van der Waals surface area (Å²) < 4.78 is 1.65. The van der Waals surface area contributed by atoms with Gasteiger partial charge in [0.15, 0.2) is 5.82 Å². The van der Waals surface area contributed by atoms with Crippen molar-refractivity contribution in [2.75, 3.05) is 11.9 Å². The Balaban J connectivity index is 1.68. The number of H-pyrrole nitrogens is 1. The summed E-state index contributed by atoms with van der Waals surface area (Å²) in [6, 6.07) is 4.52. The summed E-state index contributed by atoms with van der Waals surface area (Å²) in [5.74, 6) is 1.32. The summed E-state index contributed by atoms with van der Waals surface area (Å²) in [6.45, 7) is 0.617. The number of benzene rings is 1. The molecule has 108 valence electrons. The van der Waals surface area contributed by atoms with Crippen LogP contribution in [0, 0.1) is 10.1 Å². The fourth-order valence-electron chi connectivity index (χ4n) is 1.99. The first-order chi connectivity index (χ1) is 10.1. The van der Waals surface area contributed by atoms with E-state index in [1.54, 1.807) is 17.1 Å². The molecule has 0 saturated carbocycles. The topological polar surface area (TPSA) is 115 Å². The van der Waals surface area contributed by atoms with E-state index in [0.717, 1.165) is 5.82 Å². The number of rotatable bonds is 5. The zero-order valence-corrected chi connectivity index (χ0v) is 11.3. The standard InChI is InChI=1S/C12H13N7O2/c1-18-7-14-11(17-18)4-5-13-12-15-9-3-2-8(19(20)21)6-10(9)16-12/h2-3,6-7H,4-5H2,1H3,(H2,13,15,16). The van der Waals surface area contributed by atoms with Crippen LogP contribution >= 0.6 is 0 Å². The van der Waals surface area contributed by atoms with Gasteiger partial charge >= 0.3 is 0 Å². The Hall–Kier alpha value is -2.97. The fraction of sp³-hybridized carbons (Fsp3) is 0.250. The minimum atomic E-state index is -0.430. The predicted molar refractivity (Wildman–Crippen MR) is 75.9 cm³/mol. The Labute approximate surface area is 119 Å². The van der Waals surface area contributed by atoms with Crippen molar-refractivity contribution in [1.82, 2.24) is 24.7 Å². The molecule has 0 saturated heterocycles. The molecule has 0 radical (unpaired) electrons. The summed E-state index contributed by atoms with van der Waals surface area (Å²) in [6.07, 6.45) is 2.31. The number of imidazole rings is 1. The zero-order chi connectivity index (χ0) is 14.8. The number of nitrogens with zero attached hydrogens (tertiary/aromatic N) is 5. The third-order valence-electron chi connectivity index (χ3n) is 2.96. The van der Waals surface area contributed by atoms with Gasteiger partial charge in [0.25, 0.3) is 5.69 Å². The number of hydrogen-bond donors (Lipinski definition) is 2. The predicted octanol–water partition coefficient (Wildman–Crippen LogP) is 1.25. The second-order valence-corrected chi connectivity index (χ2v) is 4.56. The van der Waals surface area contributed by atoms with E-state index >= 15 is 0 Å². The monoisotopic (exact) mass is 287 g/mol. The van der Waals surface area contributed by atoms with Crippen LogP contribution in [0.4, 0.5) is 11.6 Å². The van der Waals surface area contributed by atoms with Gasteiger partial charge in [-0.3, -0.25) is 14.8 Å². The molecule has 0 atom stereocenters. The molecule has 2 aromatic heterocycles. The van der Waals surface area contributed by atoms with Gasteiger partial charge < -0.3 is 10.3 Å². The first kappa shape index (κ1) is 13.0. The van der Waals surface area contributed by atoms with Crippen LogP contribution in [-0.2, 0) is 13.5 Å². The Bertz CT molecular complexity index is 792. The second-order valence-electron chi connectivity index (χ2n) is 4.56. The van der Waals surface area contributed by atoms with Gasteiger partial charge in [0.05, 0.1) is 16.0 Å². The highest BCUT2D eigenvalue weighted by molar-refractivity contribution is 5.79. The molecular formula is C12H13N7O2. The summed E-state index contributed by atoms with van der Waals surface area (Å²) in [5.41, 5.74) is 1.34. The lowest BCUT2D eigenvalue weighted by atomic mass is 10.3.